The molecule has 0 bridgehead atoms. The standard InChI is InChI=1S/C22H30N4O2.C6H8O7/c1-24(2)21(27)19(17-26-12-5-11-23-26)16-25-13-9-22(10-14-25)20-7-4-3-6-18(20)8-15-28-22;7-3(8)1-6(13,5(11)12)2-4(9)10/h3-7,11-12,19H,8-10,13-17H2,1-2H3;13H,1-2H2,(H,7,8)(H,9,10)(H,11,12). The predicted molar refractivity (Wildman–Crippen MR) is 145 cm³/mol. The Bertz CT molecular complexity index is 1190. The number of nitrogens with zero attached hydrogens (tertiary/aromatic N) is 4. The second kappa shape index (κ2) is 13.7. The van der Waals surface area contributed by atoms with Crippen LogP contribution in [0, 0.1) is 5.92 Å². The monoisotopic (exact) mass is 574 g/mol. The third-order valence-corrected chi connectivity index (χ3v) is 7.44. The minimum Gasteiger partial charge on any atom is -0.481 e. The van der Waals surface area contributed by atoms with Crippen LogP contribution in [0.4, 0.5) is 0 Å². The second-order valence-electron chi connectivity index (χ2n) is 10.7. The molecule has 224 valence electrons. The lowest BCUT2D eigenvalue weighted by atomic mass is 9.79. The van der Waals surface area contributed by atoms with Crippen molar-refractivity contribution in [1.82, 2.24) is 19.6 Å². The van der Waals surface area contributed by atoms with E-state index in [1.165, 1.54) is 11.1 Å². The van der Waals surface area contributed by atoms with Crippen LogP contribution in [0.5, 0.6) is 0 Å². The molecule has 0 saturated carbocycles. The molecule has 1 atom stereocenters. The summed E-state index contributed by atoms with van der Waals surface area (Å²) in [6.45, 7) is 4.08. The van der Waals surface area contributed by atoms with Gasteiger partial charge in [-0.25, -0.2) is 4.79 Å². The molecule has 2 aromatic rings. The molecule has 2 aliphatic heterocycles. The van der Waals surface area contributed by atoms with Gasteiger partial charge in [-0.1, -0.05) is 24.3 Å². The summed E-state index contributed by atoms with van der Waals surface area (Å²) in [7, 11) is 3.66. The number of aliphatic carboxylic acids is 3. The van der Waals surface area contributed by atoms with Crippen molar-refractivity contribution in [2.24, 2.45) is 5.92 Å². The van der Waals surface area contributed by atoms with Gasteiger partial charge in [-0.15, -0.1) is 0 Å². The lowest BCUT2D eigenvalue weighted by Crippen LogP contribution is -2.49. The zero-order chi connectivity index (χ0) is 30.2. The van der Waals surface area contributed by atoms with Gasteiger partial charge >= 0.3 is 17.9 Å². The quantitative estimate of drug-likeness (QED) is 0.316. The average Bonchev–Trinajstić information content (AvgIpc) is 3.42. The number of piperidine rings is 1. The predicted octanol–water partition coefficient (Wildman–Crippen LogP) is 0.903. The smallest absolute Gasteiger partial charge is 0.336 e. The Kier molecular flexibility index (Phi) is 10.6. The molecular formula is C28H38N4O9. The molecule has 4 N–H and O–H groups in total. The van der Waals surface area contributed by atoms with Crippen LogP contribution in [0.2, 0.25) is 0 Å². The van der Waals surface area contributed by atoms with E-state index in [9.17, 15) is 19.2 Å². The minimum absolute atomic E-state index is 0.0940. The van der Waals surface area contributed by atoms with Gasteiger partial charge in [-0.2, -0.15) is 5.10 Å². The van der Waals surface area contributed by atoms with E-state index >= 15 is 0 Å². The summed E-state index contributed by atoms with van der Waals surface area (Å²) >= 11 is 0. The summed E-state index contributed by atoms with van der Waals surface area (Å²) in [6, 6.07) is 10.6. The van der Waals surface area contributed by atoms with Crippen molar-refractivity contribution in [3.63, 3.8) is 0 Å². The number of benzene rings is 1. The Morgan fingerprint density at radius 3 is 2.20 bits per heavy atom. The van der Waals surface area contributed by atoms with Crippen LogP contribution in [0.25, 0.3) is 0 Å². The van der Waals surface area contributed by atoms with Crippen molar-refractivity contribution in [2.75, 3.05) is 40.3 Å². The molecule has 1 aromatic carbocycles. The van der Waals surface area contributed by atoms with E-state index in [-0.39, 0.29) is 17.4 Å². The largest absolute Gasteiger partial charge is 0.481 e. The number of carbonyl (C=O) groups is 4. The number of rotatable bonds is 10. The maximum Gasteiger partial charge on any atom is 0.336 e. The molecule has 1 fully saturated rings. The molecule has 1 amide bonds. The lowest BCUT2D eigenvalue weighted by molar-refractivity contribution is -0.170. The van der Waals surface area contributed by atoms with E-state index in [4.69, 9.17) is 25.2 Å². The third-order valence-electron chi connectivity index (χ3n) is 7.44. The molecule has 1 aromatic heterocycles. The maximum absolute atomic E-state index is 12.7. The number of aliphatic hydroxyl groups is 1. The Balaban J connectivity index is 0.000000302. The van der Waals surface area contributed by atoms with Crippen molar-refractivity contribution < 1.29 is 44.3 Å². The highest BCUT2D eigenvalue weighted by Crippen LogP contribution is 2.41. The topological polar surface area (TPSA) is 183 Å². The van der Waals surface area contributed by atoms with Crippen LogP contribution in [0.3, 0.4) is 0 Å². The summed E-state index contributed by atoms with van der Waals surface area (Å²) in [5.74, 6) is -4.95. The molecule has 1 spiro atoms. The number of aromatic nitrogens is 2. The molecule has 1 unspecified atom stereocenters. The van der Waals surface area contributed by atoms with E-state index in [2.05, 4.69) is 34.3 Å². The van der Waals surface area contributed by atoms with Crippen LogP contribution in [-0.2, 0) is 42.5 Å². The number of carboxylic acids is 3. The maximum atomic E-state index is 12.7. The fourth-order valence-electron chi connectivity index (χ4n) is 5.37. The summed E-state index contributed by atoms with van der Waals surface area (Å²) in [5, 5.41) is 38.1. The Hall–Kier alpha value is -3.81. The van der Waals surface area contributed by atoms with E-state index < -0.39 is 36.4 Å². The summed E-state index contributed by atoms with van der Waals surface area (Å²) in [6.07, 6.45) is 4.37. The first kappa shape index (κ1) is 31.7. The molecule has 0 radical (unpaired) electrons. The van der Waals surface area contributed by atoms with Gasteiger partial charge in [0.25, 0.3) is 0 Å². The zero-order valence-electron chi connectivity index (χ0n) is 23.3. The van der Waals surface area contributed by atoms with Crippen LogP contribution in [0.15, 0.2) is 42.7 Å². The molecular weight excluding hydrogens is 536 g/mol. The summed E-state index contributed by atoms with van der Waals surface area (Å²) < 4.78 is 8.20. The molecule has 41 heavy (non-hydrogen) atoms. The fraction of sp³-hybridized carbons (Fsp3) is 0.536. The van der Waals surface area contributed by atoms with Crippen molar-refractivity contribution >= 4 is 23.8 Å². The molecule has 0 aliphatic carbocycles. The van der Waals surface area contributed by atoms with Gasteiger partial charge in [-0.05, 0) is 36.5 Å². The Labute approximate surface area is 237 Å². The first-order chi connectivity index (χ1) is 19.3. The number of hydrogen-bond acceptors (Lipinski definition) is 8. The van der Waals surface area contributed by atoms with Gasteiger partial charge in [0.15, 0.2) is 5.60 Å². The SMILES string of the molecule is CN(C)C(=O)C(CN1CCC2(CC1)OCCc1ccccc12)Cn1cccn1.O=C(O)CC(O)(CC(=O)O)C(=O)O. The zero-order valence-corrected chi connectivity index (χ0v) is 23.3. The Morgan fingerprint density at radius 1 is 1.02 bits per heavy atom. The number of amides is 1. The van der Waals surface area contributed by atoms with Crippen molar-refractivity contribution in [1.29, 1.82) is 0 Å². The van der Waals surface area contributed by atoms with Crippen molar-refractivity contribution in [3.05, 3.63) is 53.9 Å². The Morgan fingerprint density at radius 2 is 1.66 bits per heavy atom. The highest BCUT2D eigenvalue weighted by atomic mass is 16.5. The lowest BCUT2D eigenvalue weighted by Gasteiger charge is -2.45. The van der Waals surface area contributed by atoms with Gasteiger partial charge < -0.3 is 35.0 Å². The molecule has 13 heteroatoms. The molecule has 2 aliphatic rings. The molecule has 4 rings (SSSR count). The number of hydrogen-bond donors (Lipinski definition) is 4. The second-order valence-corrected chi connectivity index (χ2v) is 10.7. The van der Waals surface area contributed by atoms with Crippen LogP contribution in [-0.4, -0.2) is 110 Å². The van der Waals surface area contributed by atoms with Crippen LogP contribution < -0.4 is 0 Å². The summed E-state index contributed by atoms with van der Waals surface area (Å²) in [5.41, 5.74) is -0.0774. The third kappa shape index (κ3) is 8.35. The molecule has 3 heterocycles. The normalized spacial score (nSPS) is 17.0. The first-order valence-corrected chi connectivity index (χ1v) is 13.4. The van der Waals surface area contributed by atoms with Crippen LogP contribution >= 0.6 is 0 Å². The number of carboxylic acid groups (broad SMARTS) is 3. The minimum atomic E-state index is -2.74. The van der Waals surface area contributed by atoms with Crippen LogP contribution in [0.1, 0.15) is 36.8 Å². The van der Waals surface area contributed by atoms with Crippen molar-refractivity contribution in [3.8, 4) is 0 Å². The summed E-state index contributed by atoms with van der Waals surface area (Å²) in [4.78, 5) is 47.3. The number of ether oxygens (including phenoxy) is 1. The number of likely N-dealkylation sites (tertiary alicyclic amines) is 1. The van der Waals surface area contributed by atoms with Gasteiger partial charge in [0.2, 0.25) is 5.91 Å². The van der Waals surface area contributed by atoms with E-state index in [0.717, 1.165) is 45.5 Å². The molecule has 13 nitrogen and oxygen atoms in total. The number of fused-ring (bicyclic) bond motifs is 2. The van der Waals surface area contributed by atoms with Gasteiger partial charge in [0, 0.05) is 46.1 Å². The number of carbonyl (C=O) groups excluding carboxylic acids is 1. The highest BCUT2D eigenvalue weighted by Gasteiger charge is 2.42. The van der Waals surface area contributed by atoms with E-state index in [1.807, 2.05) is 31.0 Å². The van der Waals surface area contributed by atoms with Gasteiger partial charge in [0.1, 0.15) is 0 Å². The van der Waals surface area contributed by atoms with Gasteiger partial charge in [0.05, 0.1) is 37.5 Å². The van der Waals surface area contributed by atoms with E-state index in [0.29, 0.717) is 6.54 Å². The average molecular weight is 575 g/mol. The highest BCUT2D eigenvalue weighted by molar-refractivity contribution is 5.88. The van der Waals surface area contributed by atoms with E-state index in [1.54, 1.807) is 11.1 Å². The molecule has 1 saturated heterocycles. The van der Waals surface area contributed by atoms with Gasteiger partial charge in [-0.3, -0.25) is 19.1 Å². The van der Waals surface area contributed by atoms with Crippen molar-refractivity contribution in [2.45, 2.75) is 49.9 Å². The first-order valence-electron chi connectivity index (χ1n) is 13.4. The fourth-order valence-corrected chi connectivity index (χ4v) is 5.37.